The fourth-order valence-electron chi connectivity index (χ4n) is 6.40. The molecule has 5 unspecified atom stereocenters. The summed E-state index contributed by atoms with van der Waals surface area (Å²) in [7, 11) is -3.67. The molecule has 1 aliphatic carbocycles. The summed E-state index contributed by atoms with van der Waals surface area (Å²) in [5, 5.41) is 9.57. The van der Waals surface area contributed by atoms with Gasteiger partial charge in [0.25, 0.3) is 0 Å². The lowest BCUT2D eigenvalue weighted by atomic mass is 9.83. The second-order valence-electron chi connectivity index (χ2n) is 12.5. The van der Waals surface area contributed by atoms with Crippen molar-refractivity contribution >= 4 is 15.9 Å². The van der Waals surface area contributed by atoms with Gasteiger partial charge in [0.1, 0.15) is 12.5 Å². The summed E-state index contributed by atoms with van der Waals surface area (Å²) >= 11 is 0. The normalized spacial score (nSPS) is 32.4. The summed E-state index contributed by atoms with van der Waals surface area (Å²) in [5.74, 6) is 0.717. The van der Waals surface area contributed by atoms with Crippen LogP contribution in [0.25, 0.3) is 0 Å². The molecule has 214 valence electrons. The van der Waals surface area contributed by atoms with Gasteiger partial charge in [0.2, 0.25) is 15.9 Å². The fourth-order valence-corrected chi connectivity index (χ4v) is 8.02. The summed E-state index contributed by atoms with van der Waals surface area (Å²) in [6.07, 6.45) is 2.79. The molecule has 38 heavy (non-hydrogen) atoms. The van der Waals surface area contributed by atoms with Crippen molar-refractivity contribution in [1.29, 1.82) is 0 Å². The van der Waals surface area contributed by atoms with Crippen molar-refractivity contribution in [2.24, 2.45) is 11.8 Å². The number of hydrogen-bond acceptors (Lipinski definition) is 6. The minimum absolute atomic E-state index is 0.0437. The summed E-state index contributed by atoms with van der Waals surface area (Å²) in [4.78, 5) is 13.2. The van der Waals surface area contributed by atoms with E-state index in [-0.39, 0.29) is 30.1 Å². The van der Waals surface area contributed by atoms with Crippen LogP contribution in [-0.2, 0) is 19.6 Å². The lowest BCUT2D eigenvalue weighted by Gasteiger charge is -2.40. The number of fused-ring (bicyclic) bond motifs is 4. The van der Waals surface area contributed by atoms with E-state index in [2.05, 4.69) is 80.4 Å². The van der Waals surface area contributed by atoms with Gasteiger partial charge in [-0.2, -0.15) is 4.72 Å². The first-order valence-corrected chi connectivity index (χ1v) is 16.1. The standard InChI is InChI=1S/C29H48N4O4S/c1-17(2)13-21-16-37-26-15-25(27-23(18(3)4)11-8-12-24(27)19(5)6)31-29(32-26)33-38(35,36)22-10-7-9-20(14-22)28(34)30-21/h8,11-12,17-22,25-26,29,31-33H,7,9-10,13-16H2,1-6H3,(H,30,34)/t20?,21-,22?,25?,26?,29?/m1/s1. The average molecular weight is 549 g/mol. The van der Waals surface area contributed by atoms with Gasteiger partial charge in [-0.3, -0.25) is 15.4 Å². The molecule has 1 aromatic carbocycles. The van der Waals surface area contributed by atoms with Crippen LogP contribution < -0.4 is 20.7 Å². The van der Waals surface area contributed by atoms with Crippen LogP contribution in [0.5, 0.6) is 0 Å². The number of benzene rings is 1. The molecule has 3 fully saturated rings. The van der Waals surface area contributed by atoms with Crippen LogP contribution in [0.1, 0.15) is 115 Å². The van der Waals surface area contributed by atoms with Gasteiger partial charge in [0.05, 0.1) is 17.9 Å². The smallest absolute Gasteiger partial charge is 0.223 e. The van der Waals surface area contributed by atoms with Gasteiger partial charge >= 0.3 is 0 Å². The zero-order valence-electron chi connectivity index (χ0n) is 23.9. The molecule has 1 amide bonds. The minimum atomic E-state index is -3.67. The third-order valence-electron chi connectivity index (χ3n) is 8.25. The molecule has 2 aliphatic heterocycles. The minimum Gasteiger partial charge on any atom is -0.361 e. The van der Waals surface area contributed by atoms with Gasteiger partial charge in [0.15, 0.2) is 0 Å². The van der Waals surface area contributed by atoms with Gasteiger partial charge in [0, 0.05) is 18.4 Å². The molecule has 1 saturated carbocycles. The topological polar surface area (TPSA) is 109 Å². The number of hydrogen-bond donors (Lipinski definition) is 4. The van der Waals surface area contributed by atoms with Crippen LogP contribution in [0.3, 0.4) is 0 Å². The highest BCUT2D eigenvalue weighted by Crippen LogP contribution is 2.36. The van der Waals surface area contributed by atoms with E-state index >= 15 is 0 Å². The summed E-state index contributed by atoms with van der Waals surface area (Å²) in [6.45, 7) is 13.5. The zero-order chi connectivity index (χ0) is 27.6. The van der Waals surface area contributed by atoms with Crippen molar-refractivity contribution in [1.82, 2.24) is 20.7 Å². The Morgan fingerprint density at radius 2 is 1.66 bits per heavy atom. The van der Waals surface area contributed by atoms with E-state index in [1.54, 1.807) is 0 Å². The average Bonchev–Trinajstić information content (AvgIpc) is 2.85. The van der Waals surface area contributed by atoms with E-state index in [4.69, 9.17) is 4.74 Å². The molecule has 1 aromatic rings. The van der Waals surface area contributed by atoms with E-state index in [1.165, 1.54) is 16.7 Å². The third-order valence-corrected chi connectivity index (χ3v) is 10.1. The molecule has 0 spiro atoms. The molecular formula is C29H48N4O4S. The maximum absolute atomic E-state index is 13.6. The molecule has 4 bridgehead atoms. The quantitative estimate of drug-likeness (QED) is 0.439. The molecule has 9 heteroatoms. The Morgan fingerprint density at radius 1 is 0.974 bits per heavy atom. The highest BCUT2D eigenvalue weighted by molar-refractivity contribution is 7.90. The van der Waals surface area contributed by atoms with Crippen molar-refractivity contribution in [3.63, 3.8) is 0 Å². The summed E-state index contributed by atoms with van der Waals surface area (Å²) < 4.78 is 36.5. The predicted molar refractivity (Wildman–Crippen MR) is 151 cm³/mol. The van der Waals surface area contributed by atoms with Gasteiger partial charge in [-0.1, -0.05) is 66.2 Å². The second-order valence-corrected chi connectivity index (χ2v) is 14.5. The highest BCUT2D eigenvalue weighted by Gasteiger charge is 2.40. The van der Waals surface area contributed by atoms with E-state index in [0.717, 1.165) is 19.3 Å². The van der Waals surface area contributed by atoms with Crippen molar-refractivity contribution in [3.8, 4) is 0 Å². The van der Waals surface area contributed by atoms with E-state index in [9.17, 15) is 13.2 Å². The summed E-state index contributed by atoms with van der Waals surface area (Å²) in [6, 6.07) is 6.29. The number of nitrogens with one attached hydrogen (secondary N) is 4. The van der Waals surface area contributed by atoms with Crippen LogP contribution >= 0.6 is 0 Å². The molecule has 0 radical (unpaired) electrons. The van der Waals surface area contributed by atoms with Gasteiger partial charge < -0.3 is 10.1 Å². The second kappa shape index (κ2) is 12.3. The SMILES string of the molecule is CC(C)C[C@@H]1COC2CC(c3c(C(C)C)cccc3C(C)C)NC(N2)NS(=O)(=O)C2CCCC(C2)C(=O)N1. The van der Waals surface area contributed by atoms with Gasteiger partial charge in [-0.15, -0.1) is 0 Å². The van der Waals surface area contributed by atoms with Gasteiger partial charge in [-0.25, -0.2) is 8.42 Å². The lowest BCUT2D eigenvalue weighted by Crippen LogP contribution is -2.64. The maximum atomic E-state index is 13.6. The molecule has 6 atom stereocenters. The first-order valence-electron chi connectivity index (χ1n) is 14.5. The summed E-state index contributed by atoms with van der Waals surface area (Å²) in [5.41, 5.74) is 3.79. The Balaban J connectivity index is 1.70. The van der Waals surface area contributed by atoms with Crippen LogP contribution in [0.15, 0.2) is 18.2 Å². The number of sulfonamides is 1. The molecule has 8 nitrogen and oxygen atoms in total. The lowest BCUT2D eigenvalue weighted by molar-refractivity contribution is -0.127. The van der Waals surface area contributed by atoms with E-state index < -0.39 is 21.6 Å². The maximum Gasteiger partial charge on any atom is 0.223 e. The molecule has 0 aromatic heterocycles. The fraction of sp³-hybridized carbons (Fsp3) is 0.759. The van der Waals surface area contributed by atoms with Crippen molar-refractivity contribution in [2.45, 2.75) is 122 Å². The molecule has 2 saturated heterocycles. The first kappa shape index (κ1) is 29.5. The van der Waals surface area contributed by atoms with Crippen LogP contribution in [0.2, 0.25) is 0 Å². The Bertz CT molecular complexity index is 1050. The number of rotatable bonds is 5. The number of carbonyl (C=O) groups excluding carboxylic acids is 1. The highest BCUT2D eigenvalue weighted by atomic mass is 32.2. The Labute approximate surface area is 229 Å². The van der Waals surface area contributed by atoms with Gasteiger partial charge in [-0.05, 0) is 60.1 Å². The van der Waals surface area contributed by atoms with E-state index in [1.807, 2.05) is 0 Å². The van der Waals surface area contributed by atoms with E-state index in [0.29, 0.717) is 43.6 Å². The molecular weight excluding hydrogens is 500 g/mol. The number of ether oxygens (including phenoxy) is 1. The molecule has 4 N–H and O–H groups in total. The third kappa shape index (κ3) is 6.97. The monoisotopic (exact) mass is 548 g/mol. The molecule has 4 rings (SSSR count). The van der Waals surface area contributed by atoms with Crippen molar-refractivity contribution < 1.29 is 17.9 Å². The Kier molecular flexibility index (Phi) is 9.56. The first-order chi connectivity index (χ1) is 17.9. The van der Waals surface area contributed by atoms with Crippen LogP contribution in [0, 0.1) is 11.8 Å². The largest absolute Gasteiger partial charge is 0.361 e. The molecule has 3 aliphatic rings. The Hall–Kier alpha value is -1.52. The molecule has 2 heterocycles. The number of carbonyl (C=O) groups is 1. The number of amides is 1. The Morgan fingerprint density at radius 3 is 2.29 bits per heavy atom. The van der Waals surface area contributed by atoms with Crippen molar-refractivity contribution in [2.75, 3.05) is 6.61 Å². The van der Waals surface area contributed by atoms with Crippen LogP contribution in [0.4, 0.5) is 0 Å². The predicted octanol–water partition coefficient (Wildman–Crippen LogP) is 4.21. The van der Waals surface area contributed by atoms with Crippen molar-refractivity contribution in [3.05, 3.63) is 34.9 Å². The zero-order valence-corrected chi connectivity index (χ0v) is 24.7. The van der Waals surface area contributed by atoms with Crippen LogP contribution in [-0.4, -0.2) is 44.7 Å².